The highest BCUT2D eigenvalue weighted by Gasteiger charge is 2.08. The molecule has 0 aliphatic rings. The highest BCUT2D eigenvalue weighted by atomic mass is 15.0. The predicted octanol–water partition coefficient (Wildman–Crippen LogP) is 4.74. The molecule has 3 heteroatoms. The lowest BCUT2D eigenvalue weighted by atomic mass is 10.0. The van der Waals surface area contributed by atoms with Crippen molar-refractivity contribution in [2.45, 2.75) is 13.8 Å². The van der Waals surface area contributed by atoms with Crippen molar-refractivity contribution in [3.63, 3.8) is 0 Å². The van der Waals surface area contributed by atoms with Crippen molar-refractivity contribution in [3.05, 3.63) is 84.2 Å². The zero-order valence-corrected chi connectivity index (χ0v) is 16.2. The van der Waals surface area contributed by atoms with Crippen LogP contribution >= 0.6 is 0 Å². The molecule has 132 valence electrons. The molecule has 0 bridgehead atoms. The van der Waals surface area contributed by atoms with Crippen LogP contribution in [0.3, 0.4) is 0 Å². The Balaban J connectivity index is 2.45. The third-order valence-electron chi connectivity index (χ3n) is 3.86. The highest BCUT2D eigenvalue weighted by Crippen LogP contribution is 2.23. The molecular formula is C23H25N3. The zero-order valence-electron chi connectivity index (χ0n) is 16.2. The van der Waals surface area contributed by atoms with Crippen LogP contribution in [-0.4, -0.2) is 36.7 Å². The summed E-state index contributed by atoms with van der Waals surface area (Å²) in [5.41, 5.74) is 6.55. The summed E-state index contributed by atoms with van der Waals surface area (Å²) >= 11 is 0. The van der Waals surface area contributed by atoms with E-state index in [2.05, 4.69) is 35.8 Å². The molecule has 0 atom stereocenters. The molecule has 0 unspecified atom stereocenters. The van der Waals surface area contributed by atoms with Gasteiger partial charge in [0.05, 0.1) is 17.0 Å². The normalized spacial score (nSPS) is 12.2. The number of aromatic nitrogens is 1. The minimum absolute atomic E-state index is 0.775. The number of rotatable bonds is 6. The summed E-state index contributed by atoms with van der Waals surface area (Å²) in [6, 6.07) is 14.6. The Bertz CT molecular complexity index is 871. The molecule has 0 amide bonds. The SMILES string of the molecule is C=C/C(=C\N(C)C)c1cccc(-c2c#cc(C(/C=C\C)=NC)c(C)n2)c1. The molecule has 0 aliphatic carbocycles. The molecule has 3 nitrogen and oxygen atoms in total. The predicted molar refractivity (Wildman–Crippen MR) is 111 cm³/mol. The summed E-state index contributed by atoms with van der Waals surface area (Å²) in [4.78, 5) is 11.0. The van der Waals surface area contributed by atoms with Crippen molar-refractivity contribution >= 4 is 11.3 Å². The first-order valence-corrected chi connectivity index (χ1v) is 8.53. The van der Waals surface area contributed by atoms with Crippen LogP contribution in [0.25, 0.3) is 16.8 Å². The second kappa shape index (κ2) is 8.82. The van der Waals surface area contributed by atoms with Crippen molar-refractivity contribution in [1.29, 1.82) is 0 Å². The van der Waals surface area contributed by atoms with Gasteiger partial charge in [-0.3, -0.25) is 4.99 Å². The Morgan fingerprint density at radius 2 is 2.04 bits per heavy atom. The quantitative estimate of drug-likeness (QED) is 0.560. The number of allylic oxidation sites excluding steroid dienone is 4. The molecular weight excluding hydrogens is 318 g/mol. The summed E-state index contributed by atoms with van der Waals surface area (Å²) in [5.74, 6) is 0. The Morgan fingerprint density at radius 3 is 2.62 bits per heavy atom. The first kappa shape index (κ1) is 19.2. The van der Waals surface area contributed by atoms with Gasteiger partial charge in [-0.25, -0.2) is 4.98 Å². The molecule has 0 aliphatic heterocycles. The topological polar surface area (TPSA) is 28.5 Å². The van der Waals surface area contributed by atoms with Gasteiger partial charge in [-0.15, -0.1) is 0 Å². The van der Waals surface area contributed by atoms with E-state index in [1.54, 1.807) is 7.05 Å². The molecule has 1 aromatic carbocycles. The minimum atomic E-state index is 0.775. The minimum Gasteiger partial charge on any atom is -0.383 e. The summed E-state index contributed by atoms with van der Waals surface area (Å²) < 4.78 is 0. The van der Waals surface area contributed by atoms with Gasteiger partial charge < -0.3 is 4.90 Å². The first-order chi connectivity index (χ1) is 12.5. The van der Waals surface area contributed by atoms with Crippen molar-refractivity contribution in [1.82, 2.24) is 9.88 Å². The largest absolute Gasteiger partial charge is 0.383 e. The van der Waals surface area contributed by atoms with Crippen LogP contribution in [-0.2, 0) is 0 Å². The lowest BCUT2D eigenvalue weighted by Gasteiger charge is -2.10. The standard InChI is InChI=1S/C23H25N3/c1-7-10-23(24-4)21-13-14-22(25-17(21)3)20-12-9-11-19(15-20)18(8-2)16-26(5)6/h7-12,15-16H,2H2,1,3-6H3/b10-7-,18-16+,24-23?. The molecule has 26 heavy (non-hydrogen) atoms. The molecule has 0 saturated carbocycles. The second-order valence-corrected chi connectivity index (χ2v) is 6.11. The molecule has 0 saturated heterocycles. The number of hydrogen-bond acceptors (Lipinski definition) is 3. The monoisotopic (exact) mass is 343 g/mol. The van der Waals surface area contributed by atoms with Gasteiger partial charge in [0.1, 0.15) is 5.69 Å². The van der Waals surface area contributed by atoms with E-state index in [0.29, 0.717) is 0 Å². The van der Waals surface area contributed by atoms with E-state index < -0.39 is 0 Å². The molecule has 2 aromatic rings. The van der Waals surface area contributed by atoms with Crippen LogP contribution in [0.5, 0.6) is 0 Å². The maximum Gasteiger partial charge on any atom is 0.121 e. The molecule has 1 aromatic heterocycles. The number of hydrogen-bond donors (Lipinski definition) is 0. The molecule has 1 heterocycles. The fraction of sp³-hybridized carbons (Fsp3) is 0.217. The maximum absolute atomic E-state index is 4.72. The number of nitrogens with zero attached hydrogens (tertiary/aromatic N) is 3. The van der Waals surface area contributed by atoms with Crippen LogP contribution < -0.4 is 0 Å². The van der Waals surface area contributed by atoms with Gasteiger partial charge in [0, 0.05) is 32.9 Å². The van der Waals surface area contributed by atoms with Gasteiger partial charge >= 0.3 is 0 Å². The third kappa shape index (κ3) is 4.49. The molecule has 0 spiro atoms. The van der Waals surface area contributed by atoms with Gasteiger partial charge in [-0.2, -0.15) is 0 Å². The number of aryl methyl sites for hydroxylation is 1. The third-order valence-corrected chi connectivity index (χ3v) is 3.86. The molecule has 0 fully saturated rings. The van der Waals surface area contributed by atoms with E-state index in [1.807, 2.05) is 69.4 Å². The summed E-state index contributed by atoms with van der Waals surface area (Å²) in [7, 11) is 5.77. The maximum atomic E-state index is 4.72. The van der Waals surface area contributed by atoms with Crippen molar-refractivity contribution in [2.24, 2.45) is 4.99 Å². The Kier molecular flexibility index (Phi) is 6.52. The van der Waals surface area contributed by atoms with Crippen LogP contribution in [0.1, 0.15) is 23.7 Å². The van der Waals surface area contributed by atoms with Gasteiger partial charge in [0.2, 0.25) is 0 Å². The smallest absolute Gasteiger partial charge is 0.121 e. The summed E-state index contributed by atoms with van der Waals surface area (Å²) in [6.07, 6.45) is 7.82. The lowest BCUT2D eigenvalue weighted by Crippen LogP contribution is -2.02. The van der Waals surface area contributed by atoms with Crippen LogP contribution in [0.4, 0.5) is 0 Å². The average molecular weight is 343 g/mol. The van der Waals surface area contributed by atoms with Crippen LogP contribution in [0.15, 0.2) is 60.3 Å². The van der Waals surface area contributed by atoms with Crippen LogP contribution in [0, 0.1) is 19.1 Å². The van der Waals surface area contributed by atoms with E-state index in [9.17, 15) is 0 Å². The highest BCUT2D eigenvalue weighted by molar-refractivity contribution is 6.08. The van der Waals surface area contributed by atoms with Crippen LogP contribution in [0.2, 0.25) is 0 Å². The van der Waals surface area contributed by atoms with Gasteiger partial charge in [-0.1, -0.05) is 43.0 Å². The van der Waals surface area contributed by atoms with Gasteiger partial charge in [-0.05, 0) is 43.2 Å². The van der Waals surface area contributed by atoms with E-state index in [4.69, 9.17) is 4.98 Å². The molecule has 0 radical (unpaired) electrons. The van der Waals surface area contributed by atoms with E-state index in [0.717, 1.165) is 39.4 Å². The Hall–Kier alpha value is -3.12. The second-order valence-electron chi connectivity index (χ2n) is 6.11. The molecule has 2 rings (SSSR count). The Labute approximate surface area is 157 Å². The van der Waals surface area contributed by atoms with Gasteiger partial charge in [0.25, 0.3) is 0 Å². The first-order valence-electron chi connectivity index (χ1n) is 8.53. The van der Waals surface area contributed by atoms with E-state index in [1.165, 1.54) is 0 Å². The van der Waals surface area contributed by atoms with Crippen molar-refractivity contribution in [3.8, 4) is 11.3 Å². The fourth-order valence-corrected chi connectivity index (χ4v) is 2.65. The van der Waals surface area contributed by atoms with E-state index >= 15 is 0 Å². The lowest BCUT2D eigenvalue weighted by molar-refractivity contribution is 0.566. The van der Waals surface area contributed by atoms with Crippen molar-refractivity contribution < 1.29 is 0 Å². The summed E-state index contributed by atoms with van der Waals surface area (Å²) in [6.45, 7) is 7.86. The average Bonchev–Trinajstić information content (AvgIpc) is 2.64. The zero-order chi connectivity index (χ0) is 19.1. The van der Waals surface area contributed by atoms with E-state index in [-0.39, 0.29) is 0 Å². The number of benzene rings is 1. The Morgan fingerprint density at radius 1 is 1.27 bits per heavy atom. The number of aliphatic imine (C=N–C) groups is 1. The molecule has 0 N–H and O–H groups in total. The fourth-order valence-electron chi connectivity index (χ4n) is 2.65. The van der Waals surface area contributed by atoms with Crippen molar-refractivity contribution in [2.75, 3.05) is 21.1 Å². The summed E-state index contributed by atoms with van der Waals surface area (Å²) in [5, 5.41) is 0. The van der Waals surface area contributed by atoms with Gasteiger partial charge in [0.15, 0.2) is 0 Å².